The van der Waals surface area contributed by atoms with E-state index >= 15 is 0 Å². The van der Waals surface area contributed by atoms with Gasteiger partial charge in [-0.3, -0.25) is 4.79 Å². The van der Waals surface area contributed by atoms with Gasteiger partial charge in [-0.15, -0.1) is 0 Å². The number of rotatable bonds is 4. The van der Waals surface area contributed by atoms with Crippen molar-refractivity contribution in [1.82, 2.24) is 0 Å². The molecule has 0 radical (unpaired) electrons. The van der Waals surface area contributed by atoms with Gasteiger partial charge >= 0.3 is 0 Å². The fraction of sp³-hybridized carbons (Fsp3) is 0.273. The molecule has 0 atom stereocenters. The predicted octanol–water partition coefficient (Wildman–Crippen LogP) is 2.57. The summed E-state index contributed by atoms with van der Waals surface area (Å²) in [4.78, 5) is 21.3. The molecule has 2 nitrogen and oxygen atoms in total. The van der Waals surface area contributed by atoms with Gasteiger partial charge in [-0.2, -0.15) is 0 Å². The number of carbonyl (C=O) groups is 2. The molecule has 0 bridgehead atoms. The Labute approximate surface area is 85.9 Å². The van der Waals surface area contributed by atoms with Crippen molar-refractivity contribution in [3.8, 4) is 0 Å². The van der Waals surface area contributed by atoms with Crippen LogP contribution in [0.15, 0.2) is 24.3 Å². The Hall–Kier alpha value is -1.58. The number of carbonyl (C=O) groups excluding carboxylic acids is 2. The van der Waals surface area contributed by atoms with E-state index < -0.39 is 5.92 Å². The lowest BCUT2D eigenvalue weighted by atomic mass is 10.0. The summed E-state index contributed by atoms with van der Waals surface area (Å²) in [6, 6.07) is 4.99. The summed E-state index contributed by atoms with van der Waals surface area (Å²) in [6.45, 7) is 0.787. The Morgan fingerprint density at radius 2 is 1.87 bits per heavy atom. The highest BCUT2D eigenvalue weighted by Gasteiger charge is 2.23. The Morgan fingerprint density at radius 1 is 1.33 bits per heavy atom. The molecule has 0 aliphatic heterocycles. The first-order chi connectivity index (χ1) is 6.95. The molecule has 0 aromatic heterocycles. The van der Waals surface area contributed by atoms with E-state index in [-0.39, 0.29) is 23.3 Å². The minimum Gasteiger partial charge on any atom is -0.303 e. The van der Waals surface area contributed by atoms with Crippen LogP contribution in [0.2, 0.25) is 0 Å². The van der Waals surface area contributed by atoms with Crippen molar-refractivity contribution >= 4 is 12.1 Å². The van der Waals surface area contributed by atoms with E-state index in [9.17, 15) is 18.4 Å². The second kappa shape index (κ2) is 4.29. The predicted molar refractivity (Wildman–Crippen MR) is 51.0 cm³/mol. The van der Waals surface area contributed by atoms with Crippen LogP contribution in [-0.4, -0.2) is 12.1 Å². The van der Waals surface area contributed by atoms with Crippen molar-refractivity contribution in [3.05, 3.63) is 35.4 Å². The molecule has 0 saturated heterocycles. The average Bonchev–Trinajstić information content (AvgIpc) is 2.17. The van der Waals surface area contributed by atoms with Gasteiger partial charge in [0.05, 0.1) is 6.42 Å². The topological polar surface area (TPSA) is 34.1 Å². The lowest BCUT2D eigenvalue weighted by Crippen LogP contribution is -2.07. The molecule has 0 heterocycles. The highest BCUT2D eigenvalue weighted by molar-refractivity contribution is 6.02. The Kier molecular flexibility index (Phi) is 3.29. The number of hydrogen-bond donors (Lipinski definition) is 0. The van der Waals surface area contributed by atoms with Crippen LogP contribution in [0.4, 0.5) is 8.78 Å². The standard InChI is InChI=1S/C11H10F2O2/c1-11(12,13)9-4-2-8(3-5-9)10(15)6-7-14/h2-5,7H,6H2,1H3. The van der Waals surface area contributed by atoms with E-state index in [4.69, 9.17) is 0 Å². The number of Topliss-reactive ketones (excluding diaryl/α,β-unsaturated/α-hetero) is 1. The zero-order valence-electron chi connectivity index (χ0n) is 8.17. The minimum absolute atomic E-state index is 0.148. The van der Waals surface area contributed by atoms with Crippen molar-refractivity contribution in [2.45, 2.75) is 19.3 Å². The first-order valence-electron chi connectivity index (χ1n) is 4.40. The van der Waals surface area contributed by atoms with E-state index in [1.54, 1.807) is 0 Å². The minimum atomic E-state index is -2.91. The molecule has 1 aromatic rings. The number of ketones is 1. The van der Waals surface area contributed by atoms with E-state index in [0.29, 0.717) is 6.29 Å². The van der Waals surface area contributed by atoms with Crippen LogP contribution in [0.5, 0.6) is 0 Å². The summed E-state index contributed by atoms with van der Waals surface area (Å²) in [7, 11) is 0. The fourth-order valence-corrected chi connectivity index (χ4v) is 1.14. The van der Waals surface area contributed by atoms with Crippen LogP contribution < -0.4 is 0 Å². The molecule has 0 aliphatic carbocycles. The van der Waals surface area contributed by atoms with Crippen LogP contribution >= 0.6 is 0 Å². The van der Waals surface area contributed by atoms with Gasteiger partial charge in [0.25, 0.3) is 5.92 Å². The average molecular weight is 212 g/mol. The lowest BCUT2D eigenvalue weighted by Gasteiger charge is -2.10. The number of aldehydes is 1. The number of benzene rings is 1. The molecular weight excluding hydrogens is 202 g/mol. The molecule has 0 unspecified atom stereocenters. The smallest absolute Gasteiger partial charge is 0.270 e. The molecule has 0 amide bonds. The van der Waals surface area contributed by atoms with Gasteiger partial charge in [-0.1, -0.05) is 24.3 Å². The maximum absolute atomic E-state index is 12.8. The van der Waals surface area contributed by atoms with Gasteiger partial charge in [0, 0.05) is 18.1 Å². The Morgan fingerprint density at radius 3 is 2.27 bits per heavy atom. The lowest BCUT2D eigenvalue weighted by molar-refractivity contribution is -0.107. The Balaban J connectivity index is 2.90. The van der Waals surface area contributed by atoms with Gasteiger partial charge in [-0.25, -0.2) is 8.78 Å². The maximum atomic E-state index is 12.8. The third kappa shape index (κ3) is 2.94. The molecule has 4 heteroatoms. The Bertz CT molecular complexity index is 363. The molecule has 0 spiro atoms. The summed E-state index contributed by atoms with van der Waals surface area (Å²) in [6.07, 6.45) is 0.270. The van der Waals surface area contributed by atoms with E-state index in [0.717, 1.165) is 6.92 Å². The largest absolute Gasteiger partial charge is 0.303 e. The normalized spacial score (nSPS) is 11.1. The first kappa shape index (κ1) is 11.5. The van der Waals surface area contributed by atoms with Gasteiger partial charge in [-0.05, 0) is 0 Å². The summed E-state index contributed by atoms with van der Waals surface area (Å²) >= 11 is 0. The van der Waals surface area contributed by atoms with Crippen molar-refractivity contribution in [2.24, 2.45) is 0 Å². The first-order valence-corrected chi connectivity index (χ1v) is 4.40. The second-order valence-corrected chi connectivity index (χ2v) is 3.26. The third-order valence-corrected chi connectivity index (χ3v) is 1.98. The summed E-state index contributed by atoms with van der Waals surface area (Å²) < 4.78 is 25.6. The van der Waals surface area contributed by atoms with E-state index in [1.807, 2.05) is 0 Å². The summed E-state index contributed by atoms with van der Waals surface area (Å²) in [5.74, 6) is -3.28. The molecule has 0 saturated carbocycles. The van der Waals surface area contributed by atoms with Gasteiger partial charge < -0.3 is 4.79 Å². The fourth-order valence-electron chi connectivity index (χ4n) is 1.14. The SMILES string of the molecule is CC(F)(F)c1ccc(C(=O)CC=O)cc1. The van der Waals surface area contributed by atoms with Crippen molar-refractivity contribution in [1.29, 1.82) is 0 Å². The quantitative estimate of drug-likeness (QED) is 0.436. The highest BCUT2D eigenvalue weighted by Crippen LogP contribution is 2.26. The van der Waals surface area contributed by atoms with Crippen LogP contribution in [0.1, 0.15) is 29.3 Å². The molecule has 80 valence electrons. The van der Waals surface area contributed by atoms with Crippen LogP contribution in [0.25, 0.3) is 0 Å². The van der Waals surface area contributed by atoms with Crippen molar-refractivity contribution < 1.29 is 18.4 Å². The molecule has 0 aliphatic rings. The third-order valence-electron chi connectivity index (χ3n) is 1.98. The molecule has 1 rings (SSSR count). The molecule has 0 fully saturated rings. The molecule has 0 N–H and O–H groups in total. The van der Waals surface area contributed by atoms with E-state index in [1.165, 1.54) is 24.3 Å². The summed E-state index contributed by atoms with van der Waals surface area (Å²) in [5.41, 5.74) is 0.125. The van der Waals surface area contributed by atoms with Gasteiger partial charge in [0.1, 0.15) is 6.29 Å². The maximum Gasteiger partial charge on any atom is 0.270 e. The van der Waals surface area contributed by atoms with Crippen molar-refractivity contribution in [2.75, 3.05) is 0 Å². The monoisotopic (exact) mass is 212 g/mol. The number of hydrogen-bond acceptors (Lipinski definition) is 2. The summed E-state index contributed by atoms with van der Waals surface area (Å²) in [5, 5.41) is 0. The number of halogens is 2. The molecule has 15 heavy (non-hydrogen) atoms. The number of alkyl halides is 2. The highest BCUT2D eigenvalue weighted by atomic mass is 19.3. The molecule has 1 aromatic carbocycles. The second-order valence-electron chi connectivity index (χ2n) is 3.26. The van der Waals surface area contributed by atoms with Gasteiger partial charge in [0.15, 0.2) is 5.78 Å². The van der Waals surface area contributed by atoms with Crippen molar-refractivity contribution in [3.63, 3.8) is 0 Å². The van der Waals surface area contributed by atoms with E-state index in [2.05, 4.69) is 0 Å². The van der Waals surface area contributed by atoms with Gasteiger partial charge in [0.2, 0.25) is 0 Å². The van der Waals surface area contributed by atoms with Crippen LogP contribution in [-0.2, 0) is 10.7 Å². The molecular formula is C11H10F2O2. The zero-order valence-corrected chi connectivity index (χ0v) is 8.17. The van der Waals surface area contributed by atoms with Crippen LogP contribution in [0.3, 0.4) is 0 Å². The van der Waals surface area contributed by atoms with Crippen LogP contribution in [0, 0.1) is 0 Å². The zero-order chi connectivity index (χ0) is 11.5.